The number of hydrogen-bond acceptors (Lipinski definition) is 3. The SMILES string of the molecule is CC1CNCCN1S(=O)(=O)c1cc(Cl)c(Br)cc1F. The highest BCUT2D eigenvalue weighted by molar-refractivity contribution is 9.10. The van der Waals surface area contributed by atoms with Gasteiger partial charge in [0.2, 0.25) is 10.0 Å². The fourth-order valence-electron chi connectivity index (χ4n) is 2.01. The number of piperazine rings is 1. The van der Waals surface area contributed by atoms with Gasteiger partial charge in [0, 0.05) is 30.1 Å². The average Bonchev–Trinajstić information content (AvgIpc) is 2.34. The quantitative estimate of drug-likeness (QED) is 0.811. The van der Waals surface area contributed by atoms with E-state index in [1.165, 1.54) is 4.31 Å². The van der Waals surface area contributed by atoms with Crippen LogP contribution in [0.5, 0.6) is 0 Å². The van der Waals surface area contributed by atoms with Crippen LogP contribution in [0.3, 0.4) is 0 Å². The van der Waals surface area contributed by atoms with Crippen LogP contribution in [-0.2, 0) is 10.0 Å². The molecule has 1 aromatic carbocycles. The molecule has 1 atom stereocenters. The van der Waals surface area contributed by atoms with Gasteiger partial charge in [-0.25, -0.2) is 12.8 Å². The predicted molar refractivity (Wildman–Crippen MR) is 75.3 cm³/mol. The molecular weight excluding hydrogens is 359 g/mol. The van der Waals surface area contributed by atoms with Crippen molar-refractivity contribution in [2.45, 2.75) is 17.9 Å². The number of rotatable bonds is 2. The Morgan fingerprint density at radius 3 is 2.84 bits per heavy atom. The van der Waals surface area contributed by atoms with E-state index in [9.17, 15) is 12.8 Å². The van der Waals surface area contributed by atoms with Crippen LogP contribution < -0.4 is 5.32 Å². The second-order valence-corrected chi connectivity index (χ2v) is 7.49. The van der Waals surface area contributed by atoms with Gasteiger partial charge in [0.05, 0.1) is 5.02 Å². The van der Waals surface area contributed by atoms with Crippen molar-refractivity contribution >= 4 is 37.6 Å². The van der Waals surface area contributed by atoms with E-state index in [2.05, 4.69) is 21.2 Å². The molecule has 0 bridgehead atoms. The molecule has 1 aliphatic heterocycles. The van der Waals surface area contributed by atoms with Gasteiger partial charge in [0.1, 0.15) is 10.7 Å². The van der Waals surface area contributed by atoms with Crippen LogP contribution in [0.15, 0.2) is 21.5 Å². The van der Waals surface area contributed by atoms with Gasteiger partial charge in [-0.3, -0.25) is 0 Å². The highest BCUT2D eigenvalue weighted by Crippen LogP contribution is 2.30. The molecule has 2 rings (SSSR count). The van der Waals surface area contributed by atoms with E-state index in [4.69, 9.17) is 11.6 Å². The van der Waals surface area contributed by atoms with Gasteiger partial charge in [0.25, 0.3) is 0 Å². The molecule has 0 spiro atoms. The monoisotopic (exact) mass is 370 g/mol. The fraction of sp³-hybridized carbons (Fsp3) is 0.455. The summed E-state index contributed by atoms with van der Waals surface area (Å²) in [4.78, 5) is -0.380. The molecule has 0 aromatic heterocycles. The third kappa shape index (κ3) is 2.95. The van der Waals surface area contributed by atoms with Crippen molar-refractivity contribution in [2.24, 2.45) is 0 Å². The molecule has 1 saturated heterocycles. The van der Waals surface area contributed by atoms with Crippen molar-refractivity contribution in [3.63, 3.8) is 0 Å². The van der Waals surface area contributed by atoms with Crippen LogP contribution in [0.2, 0.25) is 5.02 Å². The summed E-state index contributed by atoms with van der Waals surface area (Å²) in [5.41, 5.74) is 0. The van der Waals surface area contributed by atoms with E-state index in [0.29, 0.717) is 24.1 Å². The molecule has 0 radical (unpaired) electrons. The summed E-state index contributed by atoms with van der Waals surface area (Å²) in [5, 5.41) is 3.26. The molecule has 1 unspecified atom stereocenters. The Bertz CT molecular complexity index is 597. The van der Waals surface area contributed by atoms with E-state index in [0.717, 1.165) is 12.1 Å². The minimum atomic E-state index is -3.87. The molecule has 1 heterocycles. The van der Waals surface area contributed by atoms with Crippen molar-refractivity contribution in [1.82, 2.24) is 9.62 Å². The van der Waals surface area contributed by atoms with Gasteiger partial charge in [-0.1, -0.05) is 11.6 Å². The Morgan fingerprint density at radius 1 is 1.53 bits per heavy atom. The Balaban J connectivity index is 2.47. The summed E-state index contributed by atoms with van der Waals surface area (Å²) < 4.78 is 40.5. The zero-order valence-corrected chi connectivity index (χ0v) is 13.3. The lowest BCUT2D eigenvalue weighted by atomic mass is 10.3. The van der Waals surface area contributed by atoms with Gasteiger partial charge in [0.15, 0.2) is 0 Å². The Kier molecular flexibility index (Phi) is 4.52. The van der Waals surface area contributed by atoms with E-state index < -0.39 is 15.8 Å². The van der Waals surface area contributed by atoms with E-state index in [-0.39, 0.29) is 16.0 Å². The van der Waals surface area contributed by atoms with Crippen LogP contribution in [0.4, 0.5) is 4.39 Å². The van der Waals surface area contributed by atoms with E-state index >= 15 is 0 Å². The first-order valence-corrected chi connectivity index (χ1v) is 8.32. The molecular formula is C11H13BrClFN2O2S. The standard InChI is InChI=1S/C11H13BrClFN2O2S/c1-7-6-15-2-3-16(7)19(17,18)11-5-9(13)8(12)4-10(11)14/h4-5,7,15H,2-3,6H2,1H3. The third-order valence-electron chi connectivity index (χ3n) is 3.00. The number of hydrogen-bond donors (Lipinski definition) is 1. The molecule has 1 aliphatic rings. The normalized spacial score (nSPS) is 21.6. The second kappa shape index (κ2) is 5.65. The Labute approximate surface area is 125 Å². The largest absolute Gasteiger partial charge is 0.314 e. The topological polar surface area (TPSA) is 49.4 Å². The number of benzene rings is 1. The zero-order valence-electron chi connectivity index (χ0n) is 10.2. The number of nitrogens with zero attached hydrogens (tertiary/aromatic N) is 1. The number of sulfonamides is 1. The molecule has 19 heavy (non-hydrogen) atoms. The summed E-state index contributed by atoms with van der Waals surface area (Å²) in [6, 6.07) is 1.99. The smallest absolute Gasteiger partial charge is 0.246 e. The van der Waals surface area contributed by atoms with Crippen molar-refractivity contribution < 1.29 is 12.8 Å². The minimum absolute atomic E-state index is 0.169. The molecule has 0 saturated carbocycles. The minimum Gasteiger partial charge on any atom is -0.314 e. The van der Waals surface area contributed by atoms with Crippen LogP contribution in [-0.4, -0.2) is 38.4 Å². The maximum atomic E-state index is 13.9. The lowest BCUT2D eigenvalue weighted by molar-refractivity contribution is 0.283. The molecule has 8 heteroatoms. The summed E-state index contributed by atoms with van der Waals surface area (Å²) in [7, 11) is -3.87. The highest BCUT2D eigenvalue weighted by atomic mass is 79.9. The van der Waals surface area contributed by atoms with Crippen molar-refractivity contribution in [1.29, 1.82) is 0 Å². The summed E-state index contributed by atoms with van der Waals surface area (Å²) >= 11 is 8.92. The number of nitrogens with one attached hydrogen (secondary N) is 1. The number of halogens is 3. The maximum Gasteiger partial charge on any atom is 0.246 e. The first-order chi connectivity index (χ1) is 8.84. The van der Waals surface area contributed by atoms with Crippen LogP contribution >= 0.6 is 27.5 Å². The zero-order chi connectivity index (χ0) is 14.2. The fourth-order valence-corrected chi connectivity index (χ4v) is 4.26. The van der Waals surface area contributed by atoms with Crippen LogP contribution in [0, 0.1) is 5.82 Å². The molecule has 106 valence electrons. The Morgan fingerprint density at radius 2 is 2.21 bits per heavy atom. The van der Waals surface area contributed by atoms with Crippen LogP contribution in [0.1, 0.15) is 6.92 Å². The summed E-state index contributed by atoms with van der Waals surface area (Å²) in [6.07, 6.45) is 0. The van der Waals surface area contributed by atoms with Gasteiger partial charge in [-0.05, 0) is 35.0 Å². The lowest BCUT2D eigenvalue weighted by Crippen LogP contribution is -2.52. The second-order valence-electron chi connectivity index (χ2n) is 4.37. The van der Waals surface area contributed by atoms with Gasteiger partial charge in [-0.2, -0.15) is 4.31 Å². The first-order valence-electron chi connectivity index (χ1n) is 5.71. The van der Waals surface area contributed by atoms with Crippen molar-refractivity contribution in [3.05, 3.63) is 27.4 Å². The summed E-state index contributed by atoms with van der Waals surface area (Å²) in [5.74, 6) is -0.804. The third-order valence-corrected chi connectivity index (χ3v) is 6.23. The predicted octanol–water partition coefficient (Wildman–Crippen LogP) is 2.22. The Hall–Kier alpha value is -0.210. The first kappa shape index (κ1) is 15.2. The molecule has 0 aliphatic carbocycles. The molecule has 1 N–H and O–H groups in total. The van der Waals surface area contributed by atoms with E-state index in [1.54, 1.807) is 6.92 Å². The molecule has 4 nitrogen and oxygen atoms in total. The van der Waals surface area contributed by atoms with Crippen molar-refractivity contribution in [3.8, 4) is 0 Å². The molecule has 1 aromatic rings. The van der Waals surface area contributed by atoms with Crippen molar-refractivity contribution in [2.75, 3.05) is 19.6 Å². The van der Waals surface area contributed by atoms with Gasteiger partial charge in [-0.15, -0.1) is 0 Å². The molecule has 0 amide bonds. The highest BCUT2D eigenvalue weighted by Gasteiger charge is 2.33. The lowest BCUT2D eigenvalue weighted by Gasteiger charge is -2.32. The average molecular weight is 372 g/mol. The summed E-state index contributed by atoms with van der Waals surface area (Å²) in [6.45, 7) is 3.19. The van der Waals surface area contributed by atoms with Crippen LogP contribution in [0.25, 0.3) is 0 Å². The molecule has 1 fully saturated rings. The maximum absolute atomic E-state index is 13.9. The van der Waals surface area contributed by atoms with Gasteiger partial charge >= 0.3 is 0 Å². The van der Waals surface area contributed by atoms with Gasteiger partial charge < -0.3 is 5.32 Å². The van der Waals surface area contributed by atoms with E-state index in [1.807, 2.05) is 0 Å².